The predicted molar refractivity (Wildman–Crippen MR) is 106 cm³/mol. The van der Waals surface area contributed by atoms with Crippen molar-refractivity contribution in [3.05, 3.63) is 56.9 Å². The first-order chi connectivity index (χ1) is 11.7. The monoisotopic (exact) mass is 430 g/mol. The normalized spacial score (nSPS) is 13.6. The number of rotatable bonds is 3. The predicted octanol–water partition coefficient (Wildman–Crippen LogP) is 5.01. The Hall–Kier alpha value is -1.89. The molecule has 0 radical (unpaired) electrons. The molecular weight excluding hydrogens is 411 g/mol. The Balaban J connectivity index is 1.82. The molecule has 122 valence electrons. The number of fused-ring (bicyclic) bond motifs is 1. The molecule has 0 spiro atoms. The van der Waals surface area contributed by atoms with Gasteiger partial charge in [0.05, 0.1) is 5.69 Å². The number of H-pyrrole nitrogens is 1. The van der Waals surface area contributed by atoms with Gasteiger partial charge in [0.25, 0.3) is 0 Å². The highest BCUT2D eigenvalue weighted by atomic mass is 127. The fraction of sp³-hybridized carbons (Fsp3) is 0.263. The molecule has 0 saturated heterocycles. The first-order valence-corrected chi connectivity index (χ1v) is 9.35. The van der Waals surface area contributed by atoms with Crippen LogP contribution in [0.5, 0.6) is 0 Å². The third-order valence-electron chi connectivity index (χ3n) is 4.42. The van der Waals surface area contributed by atoms with E-state index >= 15 is 0 Å². The lowest BCUT2D eigenvalue weighted by Gasteiger charge is -2.20. The average molecular weight is 430 g/mol. The van der Waals surface area contributed by atoms with E-state index in [4.69, 9.17) is 4.98 Å². The Morgan fingerprint density at radius 3 is 2.75 bits per heavy atom. The van der Waals surface area contributed by atoms with Gasteiger partial charge >= 0.3 is 0 Å². The lowest BCUT2D eigenvalue weighted by atomic mass is 9.93. The maximum Gasteiger partial charge on any atom is 0.152 e. The van der Waals surface area contributed by atoms with E-state index in [0.717, 1.165) is 35.7 Å². The van der Waals surface area contributed by atoms with E-state index in [-0.39, 0.29) is 0 Å². The number of halogens is 1. The van der Waals surface area contributed by atoms with Crippen molar-refractivity contribution >= 4 is 34.1 Å². The summed E-state index contributed by atoms with van der Waals surface area (Å²) in [6.45, 7) is 2.01. The van der Waals surface area contributed by atoms with Gasteiger partial charge < -0.3 is 5.32 Å². The molecule has 0 atom stereocenters. The minimum Gasteiger partial charge on any atom is -0.338 e. The van der Waals surface area contributed by atoms with Crippen molar-refractivity contribution in [3.8, 4) is 11.3 Å². The fourth-order valence-corrected chi connectivity index (χ4v) is 3.91. The van der Waals surface area contributed by atoms with E-state index < -0.39 is 0 Å². The van der Waals surface area contributed by atoms with Gasteiger partial charge in [0.15, 0.2) is 5.82 Å². The first-order valence-electron chi connectivity index (χ1n) is 8.27. The summed E-state index contributed by atoms with van der Waals surface area (Å²) < 4.78 is 1.22. The van der Waals surface area contributed by atoms with Crippen LogP contribution in [0.4, 0.5) is 11.5 Å². The Morgan fingerprint density at radius 2 is 1.96 bits per heavy atom. The van der Waals surface area contributed by atoms with Crippen molar-refractivity contribution < 1.29 is 0 Å². The molecule has 2 aromatic heterocycles. The molecule has 1 aromatic carbocycles. The van der Waals surface area contributed by atoms with Crippen molar-refractivity contribution in [1.29, 1.82) is 0 Å². The lowest BCUT2D eigenvalue weighted by Crippen LogP contribution is -2.10. The molecule has 5 heteroatoms. The van der Waals surface area contributed by atoms with Crippen LogP contribution in [0.1, 0.15) is 29.8 Å². The van der Waals surface area contributed by atoms with Crippen LogP contribution in [-0.2, 0) is 12.8 Å². The second kappa shape index (κ2) is 6.55. The zero-order valence-electron chi connectivity index (χ0n) is 13.6. The van der Waals surface area contributed by atoms with Crippen LogP contribution in [-0.4, -0.2) is 15.2 Å². The molecule has 1 aliphatic carbocycles. The van der Waals surface area contributed by atoms with Gasteiger partial charge in [0, 0.05) is 32.3 Å². The average Bonchev–Trinajstić information content (AvgIpc) is 3.00. The molecule has 0 aliphatic heterocycles. The van der Waals surface area contributed by atoms with Gasteiger partial charge in [-0.3, -0.25) is 10.1 Å². The van der Waals surface area contributed by atoms with Gasteiger partial charge in [-0.15, -0.1) is 0 Å². The summed E-state index contributed by atoms with van der Waals surface area (Å²) in [4.78, 5) is 4.98. The van der Waals surface area contributed by atoms with Crippen LogP contribution >= 0.6 is 22.6 Å². The summed E-state index contributed by atoms with van der Waals surface area (Å²) in [5, 5.41) is 10.8. The highest BCUT2D eigenvalue weighted by Gasteiger charge is 2.18. The van der Waals surface area contributed by atoms with Crippen molar-refractivity contribution in [1.82, 2.24) is 15.2 Å². The summed E-state index contributed by atoms with van der Waals surface area (Å²) in [5.74, 6) is 0.861. The Morgan fingerprint density at radius 1 is 1.12 bits per heavy atom. The topological polar surface area (TPSA) is 53.6 Å². The third kappa shape index (κ3) is 3.05. The smallest absolute Gasteiger partial charge is 0.152 e. The van der Waals surface area contributed by atoms with Crippen LogP contribution < -0.4 is 5.32 Å². The molecule has 0 saturated carbocycles. The standard InChI is InChI=1S/C19H19IN4/c1-12-10-19(24-23-12)22-18-11-17(13-6-2-4-8-15(13)20)21-16-9-5-3-7-14(16)18/h2,4,6,8,10-11H,3,5,7,9H2,1H3,(H2,21,22,23,24). The number of benzene rings is 1. The lowest BCUT2D eigenvalue weighted by molar-refractivity contribution is 0.670. The minimum atomic E-state index is 0.861. The van der Waals surface area contributed by atoms with E-state index in [1.807, 2.05) is 13.0 Å². The SMILES string of the molecule is Cc1cc(Nc2cc(-c3ccccc3I)nc3c2CCCC3)n[nH]1. The third-order valence-corrected chi connectivity index (χ3v) is 5.36. The number of hydrogen-bond acceptors (Lipinski definition) is 3. The maximum atomic E-state index is 4.98. The van der Waals surface area contributed by atoms with E-state index in [0.29, 0.717) is 0 Å². The van der Waals surface area contributed by atoms with Gasteiger partial charge in [-0.1, -0.05) is 18.2 Å². The van der Waals surface area contributed by atoms with Crippen molar-refractivity contribution in [2.75, 3.05) is 5.32 Å². The number of hydrogen-bond donors (Lipinski definition) is 2. The number of pyridine rings is 1. The molecule has 4 nitrogen and oxygen atoms in total. The molecule has 4 rings (SSSR count). The molecule has 1 aliphatic rings. The summed E-state index contributed by atoms with van der Waals surface area (Å²) >= 11 is 2.38. The van der Waals surface area contributed by atoms with Gasteiger partial charge in [0.1, 0.15) is 0 Å². The Bertz CT molecular complexity index is 885. The summed E-state index contributed by atoms with van der Waals surface area (Å²) in [6, 6.07) is 12.6. The molecule has 2 heterocycles. The number of anilines is 2. The van der Waals surface area contributed by atoms with Crippen molar-refractivity contribution in [2.45, 2.75) is 32.6 Å². The molecule has 24 heavy (non-hydrogen) atoms. The van der Waals surface area contributed by atoms with E-state index in [9.17, 15) is 0 Å². The van der Waals surface area contributed by atoms with Crippen LogP contribution in [0.25, 0.3) is 11.3 Å². The summed E-state index contributed by atoms with van der Waals surface area (Å²) in [6.07, 6.45) is 4.59. The fourth-order valence-electron chi connectivity index (χ4n) is 3.24. The Kier molecular flexibility index (Phi) is 4.26. The van der Waals surface area contributed by atoms with E-state index in [2.05, 4.69) is 68.4 Å². The number of nitrogens with zero attached hydrogens (tertiary/aromatic N) is 2. The van der Waals surface area contributed by atoms with E-state index in [1.165, 1.54) is 33.2 Å². The number of aryl methyl sites for hydroxylation is 2. The molecule has 0 fully saturated rings. The van der Waals surface area contributed by atoms with Crippen LogP contribution in [0, 0.1) is 10.5 Å². The van der Waals surface area contributed by atoms with Gasteiger partial charge in [0.2, 0.25) is 0 Å². The van der Waals surface area contributed by atoms with Crippen LogP contribution in [0.15, 0.2) is 36.4 Å². The highest BCUT2D eigenvalue weighted by molar-refractivity contribution is 14.1. The van der Waals surface area contributed by atoms with Crippen molar-refractivity contribution in [3.63, 3.8) is 0 Å². The molecule has 3 aromatic rings. The van der Waals surface area contributed by atoms with Gasteiger partial charge in [-0.05, 0) is 72.9 Å². The van der Waals surface area contributed by atoms with Gasteiger partial charge in [-0.2, -0.15) is 5.10 Å². The maximum absolute atomic E-state index is 4.98. The molecule has 0 amide bonds. The second-order valence-electron chi connectivity index (χ2n) is 6.23. The summed E-state index contributed by atoms with van der Waals surface area (Å²) in [5.41, 5.74) is 6.99. The molecule has 0 unspecified atom stereocenters. The van der Waals surface area contributed by atoms with Crippen molar-refractivity contribution in [2.24, 2.45) is 0 Å². The summed E-state index contributed by atoms with van der Waals surface area (Å²) in [7, 11) is 0. The molecule has 0 bridgehead atoms. The quantitative estimate of drug-likeness (QED) is 0.575. The molecule has 2 N–H and O–H groups in total. The number of nitrogens with one attached hydrogen (secondary N) is 2. The molecular formula is C19H19IN4. The Labute approximate surface area is 155 Å². The minimum absolute atomic E-state index is 0.861. The van der Waals surface area contributed by atoms with Crippen LogP contribution in [0.2, 0.25) is 0 Å². The second-order valence-corrected chi connectivity index (χ2v) is 7.39. The zero-order chi connectivity index (χ0) is 16.5. The van der Waals surface area contributed by atoms with Gasteiger partial charge in [-0.25, -0.2) is 0 Å². The van der Waals surface area contributed by atoms with E-state index in [1.54, 1.807) is 0 Å². The van der Waals surface area contributed by atoms with Crippen LogP contribution in [0.3, 0.4) is 0 Å². The zero-order valence-corrected chi connectivity index (χ0v) is 15.7. The first kappa shape index (κ1) is 15.6. The number of aromatic amines is 1. The largest absolute Gasteiger partial charge is 0.338 e. The number of aromatic nitrogens is 3. The highest BCUT2D eigenvalue weighted by Crippen LogP contribution is 2.34.